The molecule has 0 aliphatic heterocycles. The molecular formula is C18H19NO3. The van der Waals surface area contributed by atoms with E-state index in [-0.39, 0.29) is 6.61 Å². The van der Waals surface area contributed by atoms with Gasteiger partial charge in [-0.25, -0.2) is 0 Å². The van der Waals surface area contributed by atoms with Gasteiger partial charge in [-0.05, 0) is 54.8 Å². The van der Waals surface area contributed by atoms with Gasteiger partial charge in [-0.3, -0.25) is 0 Å². The van der Waals surface area contributed by atoms with Gasteiger partial charge < -0.3 is 14.6 Å². The maximum absolute atomic E-state index is 10.3. The Morgan fingerprint density at radius 2 is 1.86 bits per heavy atom. The molecule has 114 valence electrons. The first-order valence-corrected chi connectivity index (χ1v) is 7.01. The standard InChI is InChI=1S/C18H19NO3/c1-12-7-14(10-19)8-13(2)18(12)22-11-17(20)15-5-4-6-16(9-15)21-3/h4-9,17,20H,11H2,1-3H3. The molecule has 0 aromatic heterocycles. The van der Waals surface area contributed by atoms with Crippen molar-refractivity contribution >= 4 is 0 Å². The van der Waals surface area contributed by atoms with E-state index in [9.17, 15) is 5.11 Å². The lowest BCUT2D eigenvalue weighted by atomic mass is 10.1. The molecule has 0 saturated carbocycles. The van der Waals surface area contributed by atoms with Crippen molar-refractivity contribution in [2.45, 2.75) is 20.0 Å². The second-order valence-corrected chi connectivity index (χ2v) is 5.15. The smallest absolute Gasteiger partial charge is 0.125 e. The minimum Gasteiger partial charge on any atom is -0.497 e. The van der Waals surface area contributed by atoms with Crippen molar-refractivity contribution in [3.8, 4) is 17.6 Å². The van der Waals surface area contributed by atoms with Gasteiger partial charge in [-0.1, -0.05) is 12.1 Å². The number of benzene rings is 2. The largest absolute Gasteiger partial charge is 0.497 e. The highest BCUT2D eigenvalue weighted by molar-refractivity contribution is 5.47. The number of nitriles is 1. The van der Waals surface area contributed by atoms with Gasteiger partial charge in [-0.15, -0.1) is 0 Å². The number of ether oxygens (including phenoxy) is 2. The lowest BCUT2D eigenvalue weighted by Crippen LogP contribution is -2.11. The first-order chi connectivity index (χ1) is 10.5. The lowest BCUT2D eigenvalue weighted by Gasteiger charge is -2.16. The zero-order valence-corrected chi connectivity index (χ0v) is 13.0. The zero-order valence-electron chi connectivity index (χ0n) is 13.0. The van der Waals surface area contributed by atoms with Gasteiger partial charge in [0.1, 0.15) is 24.2 Å². The van der Waals surface area contributed by atoms with E-state index in [0.29, 0.717) is 17.1 Å². The maximum atomic E-state index is 10.3. The lowest BCUT2D eigenvalue weighted by molar-refractivity contribution is 0.107. The molecule has 0 fully saturated rings. The van der Waals surface area contributed by atoms with Crippen molar-refractivity contribution in [3.63, 3.8) is 0 Å². The van der Waals surface area contributed by atoms with Crippen LogP contribution < -0.4 is 9.47 Å². The summed E-state index contributed by atoms with van der Waals surface area (Å²) in [5.74, 6) is 1.41. The van der Waals surface area contributed by atoms with Crippen LogP contribution in [0, 0.1) is 25.2 Å². The molecule has 0 amide bonds. The second kappa shape index (κ2) is 6.97. The fourth-order valence-corrected chi connectivity index (χ4v) is 2.35. The Labute approximate surface area is 130 Å². The number of methoxy groups -OCH3 is 1. The molecular weight excluding hydrogens is 278 g/mol. The van der Waals surface area contributed by atoms with E-state index in [1.54, 1.807) is 25.3 Å². The molecule has 22 heavy (non-hydrogen) atoms. The molecule has 1 N–H and O–H groups in total. The SMILES string of the molecule is COc1cccc(C(O)COc2c(C)cc(C#N)cc2C)c1. The predicted octanol–water partition coefficient (Wildman–Crippen LogP) is 3.30. The highest BCUT2D eigenvalue weighted by atomic mass is 16.5. The summed E-state index contributed by atoms with van der Waals surface area (Å²) in [6.07, 6.45) is -0.746. The van der Waals surface area contributed by atoms with Crippen LogP contribution in [0.15, 0.2) is 36.4 Å². The Kier molecular flexibility index (Phi) is 5.03. The van der Waals surface area contributed by atoms with Gasteiger partial charge in [0.15, 0.2) is 0 Å². The van der Waals surface area contributed by atoms with Crippen LogP contribution in [0.25, 0.3) is 0 Å². The molecule has 0 spiro atoms. The number of aryl methyl sites for hydroxylation is 2. The van der Waals surface area contributed by atoms with E-state index in [1.807, 2.05) is 32.0 Å². The third-order valence-corrected chi connectivity index (χ3v) is 3.45. The summed E-state index contributed by atoms with van der Waals surface area (Å²) in [5, 5.41) is 19.2. The Balaban J connectivity index is 2.11. The summed E-state index contributed by atoms with van der Waals surface area (Å²) in [6, 6.07) is 12.9. The van der Waals surface area contributed by atoms with Crippen LogP contribution >= 0.6 is 0 Å². The molecule has 4 nitrogen and oxygen atoms in total. The topological polar surface area (TPSA) is 62.5 Å². The third kappa shape index (κ3) is 3.57. The second-order valence-electron chi connectivity index (χ2n) is 5.15. The molecule has 0 aliphatic rings. The number of aliphatic hydroxyl groups is 1. The van der Waals surface area contributed by atoms with Crippen LogP contribution in [0.2, 0.25) is 0 Å². The minimum atomic E-state index is -0.746. The molecule has 0 bridgehead atoms. The normalized spacial score (nSPS) is 11.6. The quantitative estimate of drug-likeness (QED) is 0.919. The van der Waals surface area contributed by atoms with E-state index in [2.05, 4.69) is 6.07 Å². The number of nitrogens with zero attached hydrogens (tertiary/aromatic N) is 1. The zero-order chi connectivity index (χ0) is 16.1. The van der Waals surface area contributed by atoms with Crippen LogP contribution in [-0.2, 0) is 0 Å². The van der Waals surface area contributed by atoms with Crippen LogP contribution in [-0.4, -0.2) is 18.8 Å². The van der Waals surface area contributed by atoms with E-state index < -0.39 is 6.10 Å². The summed E-state index contributed by atoms with van der Waals surface area (Å²) in [6.45, 7) is 3.92. The van der Waals surface area contributed by atoms with Crippen LogP contribution in [0.3, 0.4) is 0 Å². The van der Waals surface area contributed by atoms with Gasteiger partial charge in [-0.2, -0.15) is 5.26 Å². The Morgan fingerprint density at radius 3 is 2.45 bits per heavy atom. The molecule has 1 unspecified atom stereocenters. The Morgan fingerprint density at radius 1 is 1.18 bits per heavy atom. The molecule has 0 saturated heterocycles. The third-order valence-electron chi connectivity index (χ3n) is 3.45. The highest BCUT2D eigenvalue weighted by Gasteiger charge is 2.12. The summed E-state index contributed by atoms with van der Waals surface area (Å²) in [4.78, 5) is 0. The average Bonchev–Trinajstić information content (AvgIpc) is 2.53. The maximum Gasteiger partial charge on any atom is 0.125 e. The molecule has 2 rings (SSSR count). The number of hydrogen-bond donors (Lipinski definition) is 1. The fourth-order valence-electron chi connectivity index (χ4n) is 2.35. The van der Waals surface area contributed by atoms with Crippen molar-refractivity contribution in [2.24, 2.45) is 0 Å². The molecule has 4 heteroatoms. The first-order valence-electron chi connectivity index (χ1n) is 7.01. The van der Waals surface area contributed by atoms with Crippen LogP contribution in [0.5, 0.6) is 11.5 Å². The van der Waals surface area contributed by atoms with Crippen molar-refractivity contribution in [2.75, 3.05) is 13.7 Å². The van der Waals surface area contributed by atoms with Crippen molar-refractivity contribution < 1.29 is 14.6 Å². The van der Waals surface area contributed by atoms with Crippen LogP contribution in [0.1, 0.15) is 28.4 Å². The van der Waals surface area contributed by atoms with Crippen molar-refractivity contribution in [1.29, 1.82) is 5.26 Å². The average molecular weight is 297 g/mol. The van der Waals surface area contributed by atoms with E-state index in [1.165, 1.54) is 0 Å². The van der Waals surface area contributed by atoms with Crippen molar-refractivity contribution in [1.82, 2.24) is 0 Å². The first kappa shape index (κ1) is 15.9. The summed E-state index contributed by atoms with van der Waals surface area (Å²) in [7, 11) is 1.59. The van der Waals surface area contributed by atoms with Gasteiger partial charge >= 0.3 is 0 Å². The number of rotatable bonds is 5. The van der Waals surface area contributed by atoms with Gasteiger partial charge in [0.25, 0.3) is 0 Å². The van der Waals surface area contributed by atoms with E-state index in [0.717, 1.165) is 16.7 Å². The van der Waals surface area contributed by atoms with Gasteiger partial charge in [0.2, 0.25) is 0 Å². The van der Waals surface area contributed by atoms with Crippen molar-refractivity contribution in [3.05, 3.63) is 58.7 Å². The number of aliphatic hydroxyl groups excluding tert-OH is 1. The molecule has 0 aliphatic carbocycles. The summed E-state index contributed by atoms with van der Waals surface area (Å²) in [5.41, 5.74) is 3.11. The minimum absolute atomic E-state index is 0.140. The van der Waals surface area contributed by atoms with E-state index >= 15 is 0 Å². The molecule has 0 radical (unpaired) electrons. The Bertz CT molecular complexity index is 681. The molecule has 1 atom stereocenters. The van der Waals surface area contributed by atoms with Gasteiger partial charge in [0.05, 0.1) is 18.7 Å². The molecule has 2 aromatic rings. The highest BCUT2D eigenvalue weighted by Crippen LogP contribution is 2.26. The predicted molar refractivity (Wildman–Crippen MR) is 84.1 cm³/mol. The molecule has 2 aromatic carbocycles. The van der Waals surface area contributed by atoms with Gasteiger partial charge in [0, 0.05) is 0 Å². The number of hydrogen-bond acceptors (Lipinski definition) is 4. The monoisotopic (exact) mass is 297 g/mol. The summed E-state index contributed by atoms with van der Waals surface area (Å²) < 4.78 is 10.9. The fraction of sp³-hybridized carbons (Fsp3) is 0.278. The summed E-state index contributed by atoms with van der Waals surface area (Å²) >= 11 is 0. The Hall–Kier alpha value is -2.51. The molecule has 0 heterocycles. The van der Waals surface area contributed by atoms with Crippen LogP contribution in [0.4, 0.5) is 0 Å². The van der Waals surface area contributed by atoms with E-state index in [4.69, 9.17) is 14.7 Å².